The van der Waals surface area contributed by atoms with Crippen LogP contribution in [0.2, 0.25) is 0 Å². The summed E-state index contributed by atoms with van der Waals surface area (Å²) in [5.74, 6) is 1.40. The lowest BCUT2D eigenvalue weighted by Gasteiger charge is -2.16. The second-order valence-corrected chi connectivity index (χ2v) is 9.56. The summed E-state index contributed by atoms with van der Waals surface area (Å²) in [5.41, 5.74) is 0. The van der Waals surface area contributed by atoms with Crippen molar-refractivity contribution < 1.29 is 13.6 Å². The van der Waals surface area contributed by atoms with Crippen molar-refractivity contribution in [3.63, 3.8) is 0 Å². The quantitative estimate of drug-likeness (QED) is 0.130. The highest BCUT2D eigenvalue weighted by atomic mass is 31.1. The zero-order chi connectivity index (χ0) is 20.9. The van der Waals surface area contributed by atoms with Crippen LogP contribution in [0, 0.1) is 11.8 Å². The molecule has 2 atom stereocenters. The van der Waals surface area contributed by atoms with E-state index in [2.05, 4.69) is 27.7 Å². The van der Waals surface area contributed by atoms with Crippen molar-refractivity contribution in [1.82, 2.24) is 0 Å². The maximum absolute atomic E-state index is 12.0. The highest BCUT2D eigenvalue weighted by molar-refractivity contribution is 7.33. The van der Waals surface area contributed by atoms with Crippen LogP contribution < -0.4 is 0 Å². The summed E-state index contributed by atoms with van der Waals surface area (Å²) >= 11 is 0. The smallest absolute Gasteiger partial charge is 0.311 e. The van der Waals surface area contributed by atoms with Crippen LogP contribution in [0.4, 0.5) is 0 Å². The first-order chi connectivity index (χ1) is 13.7. The van der Waals surface area contributed by atoms with Crippen LogP contribution >= 0.6 is 8.25 Å². The van der Waals surface area contributed by atoms with E-state index in [1.165, 1.54) is 89.9 Å². The van der Waals surface area contributed by atoms with Gasteiger partial charge < -0.3 is 9.05 Å². The fourth-order valence-electron chi connectivity index (χ4n) is 3.84. The van der Waals surface area contributed by atoms with Crippen molar-refractivity contribution in [2.24, 2.45) is 11.8 Å². The minimum Gasteiger partial charge on any atom is -0.311 e. The summed E-state index contributed by atoms with van der Waals surface area (Å²) in [6.07, 6.45) is 20.4. The fourth-order valence-corrected chi connectivity index (χ4v) is 4.49. The topological polar surface area (TPSA) is 35.5 Å². The minimum atomic E-state index is -2.31. The van der Waals surface area contributed by atoms with E-state index in [0.29, 0.717) is 25.0 Å². The van der Waals surface area contributed by atoms with Crippen molar-refractivity contribution in [3.8, 4) is 0 Å². The molecule has 3 nitrogen and oxygen atoms in total. The molecule has 0 aliphatic carbocycles. The molecule has 0 aromatic rings. The highest BCUT2D eigenvalue weighted by Crippen LogP contribution is 2.28. The van der Waals surface area contributed by atoms with Gasteiger partial charge in [-0.05, 0) is 24.7 Å². The third kappa shape index (κ3) is 18.2. The normalized spacial score (nSPS) is 14.9. The number of hydrogen-bond acceptors (Lipinski definition) is 3. The molecule has 0 fully saturated rings. The summed E-state index contributed by atoms with van der Waals surface area (Å²) < 4.78 is 23.0. The molecule has 0 aliphatic rings. The van der Waals surface area contributed by atoms with Gasteiger partial charge in [-0.25, -0.2) is 0 Å². The molecule has 4 heteroatoms. The van der Waals surface area contributed by atoms with Gasteiger partial charge >= 0.3 is 8.25 Å². The molecule has 170 valence electrons. The average molecular weight is 419 g/mol. The lowest BCUT2D eigenvalue weighted by Crippen LogP contribution is -2.05. The van der Waals surface area contributed by atoms with Crippen LogP contribution in [-0.2, 0) is 13.6 Å². The Labute approximate surface area is 177 Å². The Balaban J connectivity index is 3.70. The maximum atomic E-state index is 12.0. The largest absolute Gasteiger partial charge is 0.319 e. The summed E-state index contributed by atoms with van der Waals surface area (Å²) in [5, 5.41) is 0. The molecule has 28 heavy (non-hydrogen) atoms. The third-order valence-corrected chi connectivity index (χ3v) is 6.96. The minimum absolute atomic E-state index is 0.583. The lowest BCUT2D eigenvalue weighted by atomic mass is 9.95. The molecular formula is C24H51O3P. The number of unbranched alkanes of at least 4 members (excludes halogenated alkanes) is 8. The van der Waals surface area contributed by atoms with Crippen LogP contribution in [0.15, 0.2) is 0 Å². The second-order valence-electron chi connectivity index (χ2n) is 8.48. The first-order valence-electron chi connectivity index (χ1n) is 12.5. The van der Waals surface area contributed by atoms with E-state index in [0.717, 1.165) is 12.8 Å². The van der Waals surface area contributed by atoms with Crippen LogP contribution in [0.3, 0.4) is 0 Å². The van der Waals surface area contributed by atoms with E-state index in [1.807, 2.05) is 0 Å². The molecule has 0 aromatic carbocycles. The Bertz CT molecular complexity index is 306. The van der Waals surface area contributed by atoms with Crippen LogP contribution in [0.25, 0.3) is 0 Å². The van der Waals surface area contributed by atoms with Gasteiger partial charge in [-0.1, -0.05) is 118 Å². The first kappa shape index (κ1) is 28.1. The standard InChI is InChI=1S/C24H51O3P/c1-5-9-11-13-15-17-23(7-3)19-21-26-28(25)27-22-20-24(8-4)18-16-14-12-10-6-2/h23-24,28H,5-22H2,1-4H3. The van der Waals surface area contributed by atoms with Gasteiger partial charge in [0, 0.05) is 0 Å². The Morgan fingerprint density at radius 1 is 0.571 bits per heavy atom. The summed E-state index contributed by atoms with van der Waals surface area (Å²) in [6.45, 7) is 10.2. The van der Waals surface area contributed by atoms with E-state index in [-0.39, 0.29) is 0 Å². The molecule has 0 rings (SSSR count). The van der Waals surface area contributed by atoms with Gasteiger partial charge in [0.05, 0.1) is 13.2 Å². The third-order valence-electron chi connectivity index (χ3n) is 6.08. The Hall–Kier alpha value is 0.150. The highest BCUT2D eigenvalue weighted by Gasteiger charge is 2.10. The van der Waals surface area contributed by atoms with Crippen molar-refractivity contribution in [3.05, 3.63) is 0 Å². The molecule has 0 spiro atoms. The summed E-state index contributed by atoms with van der Waals surface area (Å²) in [7, 11) is -2.31. The predicted molar refractivity (Wildman–Crippen MR) is 124 cm³/mol. The SMILES string of the molecule is CCCCCCCC(CC)CCO[PH](=O)OCCC(CC)CCCCCCC. The van der Waals surface area contributed by atoms with E-state index in [1.54, 1.807) is 0 Å². The molecule has 0 radical (unpaired) electrons. The molecule has 0 bridgehead atoms. The van der Waals surface area contributed by atoms with Crippen molar-refractivity contribution in [2.75, 3.05) is 13.2 Å². The van der Waals surface area contributed by atoms with Gasteiger partial charge in [-0.15, -0.1) is 0 Å². The fraction of sp³-hybridized carbons (Fsp3) is 1.00. The zero-order valence-electron chi connectivity index (χ0n) is 19.6. The number of hydrogen-bond donors (Lipinski definition) is 0. The van der Waals surface area contributed by atoms with E-state index >= 15 is 0 Å². The monoisotopic (exact) mass is 418 g/mol. The first-order valence-corrected chi connectivity index (χ1v) is 13.7. The molecular weight excluding hydrogens is 367 g/mol. The Morgan fingerprint density at radius 2 is 0.964 bits per heavy atom. The van der Waals surface area contributed by atoms with Gasteiger partial charge in [-0.3, -0.25) is 4.57 Å². The van der Waals surface area contributed by atoms with E-state index < -0.39 is 8.25 Å². The number of rotatable bonds is 22. The Morgan fingerprint density at radius 3 is 1.32 bits per heavy atom. The van der Waals surface area contributed by atoms with Crippen LogP contribution in [-0.4, -0.2) is 13.2 Å². The van der Waals surface area contributed by atoms with Crippen molar-refractivity contribution >= 4 is 8.25 Å². The second kappa shape index (κ2) is 21.8. The molecule has 0 amide bonds. The molecule has 0 aromatic heterocycles. The van der Waals surface area contributed by atoms with Gasteiger partial charge in [0.15, 0.2) is 0 Å². The van der Waals surface area contributed by atoms with E-state index in [4.69, 9.17) is 9.05 Å². The summed E-state index contributed by atoms with van der Waals surface area (Å²) in [4.78, 5) is 0. The van der Waals surface area contributed by atoms with Gasteiger partial charge in [0.1, 0.15) is 0 Å². The molecule has 0 saturated heterocycles. The van der Waals surface area contributed by atoms with E-state index in [9.17, 15) is 4.57 Å². The molecule has 0 aliphatic heterocycles. The lowest BCUT2D eigenvalue weighted by molar-refractivity contribution is 0.196. The van der Waals surface area contributed by atoms with Crippen molar-refractivity contribution in [2.45, 2.75) is 130 Å². The van der Waals surface area contributed by atoms with Gasteiger partial charge in [0.25, 0.3) is 0 Å². The predicted octanol–water partition coefficient (Wildman–Crippen LogP) is 8.96. The molecule has 0 saturated carbocycles. The molecule has 0 N–H and O–H groups in total. The van der Waals surface area contributed by atoms with Crippen LogP contribution in [0.1, 0.15) is 130 Å². The zero-order valence-corrected chi connectivity index (χ0v) is 20.6. The maximum Gasteiger partial charge on any atom is 0.319 e. The van der Waals surface area contributed by atoms with Crippen molar-refractivity contribution in [1.29, 1.82) is 0 Å². The van der Waals surface area contributed by atoms with Gasteiger partial charge in [-0.2, -0.15) is 0 Å². The van der Waals surface area contributed by atoms with Crippen LogP contribution in [0.5, 0.6) is 0 Å². The van der Waals surface area contributed by atoms with Gasteiger partial charge in [0.2, 0.25) is 0 Å². The average Bonchev–Trinajstić information content (AvgIpc) is 2.70. The molecule has 2 unspecified atom stereocenters. The molecule has 0 heterocycles. The Kier molecular flexibility index (Phi) is 22.0. The summed E-state index contributed by atoms with van der Waals surface area (Å²) in [6, 6.07) is 0.